The number of fused-ring (bicyclic) bond motifs is 2. The van der Waals surface area contributed by atoms with Crippen LogP contribution in [0.2, 0.25) is 0 Å². The van der Waals surface area contributed by atoms with E-state index in [-0.39, 0.29) is 13.0 Å². The van der Waals surface area contributed by atoms with E-state index in [0.717, 1.165) is 16.7 Å². The van der Waals surface area contributed by atoms with Crippen LogP contribution in [0.3, 0.4) is 0 Å². The molecule has 1 aliphatic carbocycles. The van der Waals surface area contributed by atoms with Gasteiger partial charge >= 0.3 is 12.0 Å². The van der Waals surface area contributed by atoms with E-state index in [1.807, 2.05) is 37.3 Å². The van der Waals surface area contributed by atoms with E-state index in [1.54, 1.807) is 18.2 Å². The molecule has 3 aromatic rings. The summed E-state index contributed by atoms with van der Waals surface area (Å²) in [5.74, 6) is -1.53. The number of amides is 3. The second-order valence-electron chi connectivity index (χ2n) is 9.82. The average molecular weight is 516 g/mol. The van der Waals surface area contributed by atoms with Gasteiger partial charge in [-0.25, -0.2) is 4.79 Å². The molecule has 0 saturated heterocycles. The predicted octanol–water partition coefficient (Wildman–Crippen LogP) is 3.88. The lowest BCUT2D eigenvalue weighted by atomic mass is 9.91. The molecule has 0 saturated carbocycles. The normalized spacial score (nSPS) is 16.5. The highest BCUT2D eigenvalue weighted by molar-refractivity contribution is 5.94. The summed E-state index contributed by atoms with van der Waals surface area (Å²) in [6.45, 7) is 3.53. The van der Waals surface area contributed by atoms with Crippen LogP contribution in [0.4, 0.5) is 10.5 Å². The van der Waals surface area contributed by atoms with Gasteiger partial charge in [-0.1, -0.05) is 60.7 Å². The molecule has 2 aliphatic rings. The average Bonchev–Trinajstić information content (AvgIpc) is 3.66. The molecule has 4 N–H and O–H groups in total. The Balaban J connectivity index is 0.000000408. The molecule has 0 fully saturated rings. The topological polar surface area (TPSA) is 119 Å². The molecule has 3 amide bonds. The smallest absolute Gasteiger partial charge is 0.319 e. The van der Waals surface area contributed by atoms with Crippen LogP contribution < -0.4 is 10.6 Å². The SMILES string of the molecule is Cc1cccc(NC(=O)NC(C(=O)N2Cc3ccccc3C[C@@H]2CC(=O)O)C(C)O)c1.c1ccc2c(c1)C2. The van der Waals surface area contributed by atoms with Crippen LogP contribution in [0, 0.1) is 6.92 Å². The maximum Gasteiger partial charge on any atom is 0.319 e. The minimum absolute atomic E-state index is 0.220. The number of urea groups is 1. The van der Waals surface area contributed by atoms with E-state index in [0.29, 0.717) is 12.1 Å². The highest BCUT2D eigenvalue weighted by Gasteiger charge is 2.37. The number of nitrogens with zero attached hydrogens (tertiary/aromatic N) is 1. The molecular weight excluding hydrogens is 482 g/mol. The number of carboxylic acids is 1. The van der Waals surface area contributed by atoms with Gasteiger partial charge in [-0.2, -0.15) is 0 Å². The second-order valence-corrected chi connectivity index (χ2v) is 9.82. The molecule has 2 unspecified atom stereocenters. The van der Waals surface area contributed by atoms with E-state index < -0.39 is 36.1 Å². The zero-order chi connectivity index (χ0) is 27.2. The lowest BCUT2D eigenvalue weighted by molar-refractivity contribution is -0.143. The first-order valence-corrected chi connectivity index (χ1v) is 12.7. The molecular formula is C30H33N3O5. The first-order valence-electron chi connectivity index (χ1n) is 12.7. The van der Waals surface area contributed by atoms with Crippen molar-refractivity contribution in [2.24, 2.45) is 0 Å². The van der Waals surface area contributed by atoms with Crippen molar-refractivity contribution in [3.8, 4) is 0 Å². The van der Waals surface area contributed by atoms with Crippen molar-refractivity contribution in [3.63, 3.8) is 0 Å². The van der Waals surface area contributed by atoms with Crippen molar-refractivity contribution in [2.75, 3.05) is 5.32 Å². The lowest BCUT2D eigenvalue weighted by Gasteiger charge is -2.39. The van der Waals surface area contributed by atoms with Gasteiger partial charge in [-0.3, -0.25) is 9.59 Å². The standard InChI is InChI=1S/C23H27N3O5.C7H6/c1-14-6-5-9-18(10-14)24-23(31)25-21(15(2)27)22(30)26-13-17-8-4-3-7-16(17)11-19(26)12-20(28)29;1-2-4-7-5-6(7)3-1/h3-10,15,19,21,27H,11-13H2,1-2H3,(H,28,29)(H2,24,25,31);1-4H,5H2/t15?,19-,21?;/m1./s1. The van der Waals surface area contributed by atoms with Gasteiger partial charge in [0.15, 0.2) is 0 Å². The molecule has 0 aromatic heterocycles. The Kier molecular flexibility index (Phi) is 8.43. The number of aliphatic hydroxyl groups excluding tert-OH is 1. The van der Waals surface area contributed by atoms with Gasteiger partial charge < -0.3 is 25.7 Å². The number of carbonyl (C=O) groups is 3. The molecule has 1 aliphatic heterocycles. The minimum Gasteiger partial charge on any atom is -0.481 e. The van der Waals surface area contributed by atoms with Gasteiger partial charge in [0.2, 0.25) is 5.91 Å². The van der Waals surface area contributed by atoms with Crippen molar-refractivity contribution >= 4 is 23.6 Å². The molecule has 0 spiro atoms. The molecule has 198 valence electrons. The molecule has 1 heterocycles. The number of carbonyl (C=O) groups excluding carboxylic acids is 2. The zero-order valence-electron chi connectivity index (χ0n) is 21.6. The number of aliphatic hydroxyl groups is 1. The van der Waals surface area contributed by atoms with Gasteiger partial charge in [-0.05, 0) is 66.6 Å². The summed E-state index contributed by atoms with van der Waals surface area (Å²) in [5.41, 5.74) is 6.50. The monoisotopic (exact) mass is 515 g/mol. The lowest BCUT2D eigenvalue weighted by Crippen LogP contribution is -2.58. The van der Waals surface area contributed by atoms with Gasteiger partial charge in [-0.15, -0.1) is 0 Å². The van der Waals surface area contributed by atoms with Crippen LogP contribution in [0.25, 0.3) is 0 Å². The number of nitrogens with one attached hydrogen (secondary N) is 2. The fourth-order valence-corrected chi connectivity index (χ4v) is 4.66. The third kappa shape index (κ3) is 6.98. The summed E-state index contributed by atoms with van der Waals surface area (Å²) in [4.78, 5) is 38.6. The molecule has 3 atom stereocenters. The fourth-order valence-electron chi connectivity index (χ4n) is 4.66. The Labute approximate surface area is 222 Å². The van der Waals surface area contributed by atoms with Crippen molar-refractivity contribution in [2.45, 2.75) is 57.8 Å². The maximum absolute atomic E-state index is 13.3. The summed E-state index contributed by atoms with van der Waals surface area (Å²) in [5, 5.41) is 24.8. The molecule has 0 radical (unpaired) electrons. The number of rotatable bonds is 6. The Hall–Kier alpha value is -4.17. The highest BCUT2D eigenvalue weighted by Crippen LogP contribution is 2.27. The van der Waals surface area contributed by atoms with Crippen molar-refractivity contribution < 1.29 is 24.6 Å². The van der Waals surface area contributed by atoms with Gasteiger partial charge in [0, 0.05) is 18.3 Å². The summed E-state index contributed by atoms with van der Waals surface area (Å²) in [7, 11) is 0. The van der Waals surface area contributed by atoms with Gasteiger partial charge in [0.25, 0.3) is 0 Å². The van der Waals surface area contributed by atoms with E-state index in [2.05, 4.69) is 34.9 Å². The summed E-state index contributed by atoms with van der Waals surface area (Å²) in [6.07, 6.45) is 0.254. The van der Waals surface area contributed by atoms with Crippen molar-refractivity contribution in [1.29, 1.82) is 0 Å². The summed E-state index contributed by atoms with van der Waals surface area (Å²) >= 11 is 0. The Morgan fingerprint density at radius 2 is 1.58 bits per heavy atom. The number of hydrogen-bond acceptors (Lipinski definition) is 4. The van der Waals surface area contributed by atoms with Crippen LogP contribution in [-0.4, -0.2) is 51.2 Å². The van der Waals surface area contributed by atoms with Gasteiger partial charge in [0.1, 0.15) is 6.04 Å². The highest BCUT2D eigenvalue weighted by atomic mass is 16.4. The van der Waals surface area contributed by atoms with Gasteiger partial charge in [0.05, 0.1) is 12.5 Å². The van der Waals surface area contributed by atoms with Crippen LogP contribution in [0.15, 0.2) is 72.8 Å². The van der Waals surface area contributed by atoms with E-state index in [4.69, 9.17) is 0 Å². The number of carboxylic acid groups (broad SMARTS) is 1. The Morgan fingerprint density at radius 1 is 0.947 bits per heavy atom. The minimum atomic E-state index is -1.22. The van der Waals surface area contributed by atoms with E-state index in [9.17, 15) is 24.6 Å². The van der Waals surface area contributed by atoms with Crippen LogP contribution >= 0.6 is 0 Å². The molecule has 8 nitrogen and oxygen atoms in total. The van der Waals surface area contributed by atoms with Crippen molar-refractivity contribution in [3.05, 3.63) is 101 Å². The summed E-state index contributed by atoms with van der Waals surface area (Å²) in [6, 6.07) is 20.9. The predicted molar refractivity (Wildman–Crippen MR) is 145 cm³/mol. The third-order valence-corrected chi connectivity index (χ3v) is 6.73. The Bertz CT molecular complexity index is 1300. The first kappa shape index (κ1) is 26.9. The first-order chi connectivity index (χ1) is 18.2. The van der Waals surface area contributed by atoms with Crippen LogP contribution in [0.1, 0.15) is 41.2 Å². The third-order valence-electron chi connectivity index (χ3n) is 6.73. The summed E-state index contributed by atoms with van der Waals surface area (Å²) < 4.78 is 0. The van der Waals surface area contributed by atoms with E-state index >= 15 is 0 Å². The van der Waals surface area contributed by atoms with Crippen LogP contribution in [-0.2, 0) is 29.0 Å². The molecule has 3 aromatic carbocycles. The number of benzene rings is 3. The fraction of sp³-hybridized carbons (Fsp3) is 0.300. The number of aliphatic carboxylic acids is 1. The number of aryl methyl sites for hydroxylation is 1. The van der Waals surface area contributed by atoms with Crippen molar-refractivity contribution in [1.82, 2.24) is 10.2 Å². The van der Waals surface area contributed by atoms with Crippen LogP contribution in [0.5, 0.6) is 0 Å². The molecule has 8 heteroatoms. The van der Waals surface area contributed by atoms with E-state index in [1.165, 1.54) is 29.4 Å². The molecule has 38 heavy (non-hydrogen) atoms. The molecule has 5 rings (SSSR count). The maximum atomic E-state index is 13.3. The Morgan fingerprint density at radius 3 is 2.16 bits per heavy atom. The molecule has 0 bridgehead atoms. The second kappa shape index (κ2) is 11.9. The number of hydrogen-bond donors (Lipinski definition) is 4. The number of anilines is 1. The largest absolute Gasteiger partial charge is 0.481 e. The quantitative estimate of drug-likeness (QED) is 0.311. The zero-order valence-corrected chi connectivity index (χ0v) is 21.6.